The lowest BCUT2D eigenvalue weighted by Gasteiger charge is -2.01. The van der Waals surface area contributed by atoms with Gasteiger partial charge in [-0.25, -0.2) is 0 Å². The van der Waals surface area contributed by atoms with E-state index in [2.05, 4.69) is 15.1 Å². The van der Waals surface area contributed by atoms with Crippen LogP contribution in [0.25, 0.3) is 10.9 Å². The smallest absolute Gasteiger partial charge is 0.133 e. The molecule has 4 heteroatoms. The Labute approximate surface area is 104 Å². The zero-order valence-electron chi connectivity index (χ0n) is 9.54. The lowest BCUT2D eigenvalue weighted by molar-refractivity contribution is 0.319. The summed E-state index contributed by atoms with van der Waals surface area (Å²) in [7, 11) is 0. The summed E-state index contributed by atoms with van der Waals surface area (Å²) >= 11 is 0. The number of hydrogen-bond donors (Lipinski definition) is 2. The second-order valence-corrected chi connectivity index (χ2v) is 3.96. The second-order valence-electron chi connectivity index (χ2n) is 3.96. The van der Waals surface area contributed by atoms with E-state index in [9.17, 15) is 5.21 Å². The van der Waals surface area contributed by atoms with Crippen molar-refractivity contribution in [3.8, 4) is 0 Å². The molecule has 0 aliphatic carbocycles. The zero-order chi connectivity index (χ0) is 12.4. The van der Waals surface area contributed by atoms with E-state index in [1.165, 1.54) is 0 Å². The molecule has 0 aliphatic heterocycles. The molecule has 4 nitrogen and oxygen atoms in total. The van der Waals surface area contributed by atoms with Crippen LogP contribution in [0.1, 0.15) is 11.3 Å². The Morgan fingerprint density at radius 1 is 1.17 bits per heavy atom. The minimum Gasteiger partial charge on any atom is -0.410 e. The minimum absolute atomic E-state index is 0.520. The summed E-state index contributed by atoms with van der Waals surface area (Å²) in [5, 5.41) is 13.6. The Morgan fingerprint density at radius 3 is 2.72 bits per heavy atom. The molecule has 0 saturated carbocycles. The van der Waals surface area contributed by atoms with Crippen LogP contribution in [0.3, 0.4) is 0 Å². The molecule has 0 fully saturated rings. The highest BCUT2D eigenvalue weighted by Gasteiger charge is 2.10. The summed E-state index contributed by atoms with van der Waals surface area (Å²) in [6.45, 7) is 0. The van der Waals surface area contributed by atoms with Crippen molar-refractivity contribution in [2.45, 2.75) is 0 Å². The van der Waals surface area contributed by atoms with Crippen molar-refractivity contribution in [1.29, 1.82) is 0 Å². The molecule has 2 heterocycles. The standard InChI is InChI=1S/C14H11N3O/c18-17-14(10-4-2-1-3-5-10)12-8-11-6-7-15-9-13(11)16-12/h1-9,16,18H. The van der Waals surface area contributed by atoms with Crippen LogP contribution in [0.2, 0.25) is 0 Å². The fraction of sp³-hybridized carbons (Fsp3) is 0. The SMILES string of the molecule is ON=C(c1ccccc1)c1cc2ccncc2[nH]1. The highest BCUT2D eigenvalue weighted by Crippen LogP contribution is 2.17. The van der Waals surface area contributed by atoms with Gasteiger partial charge in [0.2, 0.25) is 0 Å². The number of hydrogen-bond acceptors (Lipinski definition) is 3. The van der Waals surface area contributed by atoms with Crippen molar-refractivity contribution >= 4 is 16.6 Å². The number of rotatable bonds is 2. The molecule has 2 aromatic heterocycles. The van der Waals surface area contributed by atoms with Gasteiger partial charge in [-0.15, -0.1) is 0 Å². The van der Waals surface area contributed by atoms with E-state index in [1.54, 1.807) is 12.4 Å². The summed E-state index contributed by atoms with van der Waals surface area (Å²) < 4.78 is 0. The van der Waals surface area contributed by atoms with Crippen LogP contribution in [-0.4, -0.2) is 20.9 Å². The Morgan fingerprint density at radius 2 is 2.00 bits per heavy atom. The third-order valence-corrected chi connectivity index (χ3v) is 2.83. The zero-order valence-corrected chi connectivity index (χ0v) is 9.54. The van der Waals surface area contributed by atoms with Crippen LogP contribution in [0.5, 0.6) is 0 Å². The first-order valence-corrected chi connectivity index (χ1v) is 5.59. The maximum Gasteiger partial charge on any atom is 0.133 e. The number of aromatic amines is 1. The number of oxime groups is 1. The van der Waals surface area contributed by atoms with Crippen LogP contribution in [0.15, 0.2) is 60.0 Å². The van der Waals surface area contributed by atoms with Gasteiger partial charge in [0.25, 0.3) is 0 Å². The Hall–Kier alpha value is -2.62. The van der Waals surface area contributed by atoms with Crippen LogP contribution in [0.4, 0.5) is 0 Å². The maximum absolute atomic E-state index is 9.21. The molecule has 0 spiro atoms. The number of aromatic nitrogens is 2. The summed E-state index contributed by atoms with van der Waals surface area (Å²) in [5.41, 5.74) is 3.07. The maximum atomic E-state index is 9.21. The van der Waals surface area contributed by atoms with Crippen LogP contribution in [-0.2, 0) is 0 Å². The van der Waals surface area contributed by atoms with Crippen molar-refractivity contribution in [3.05, 3.63) is 66.1 Å². The molecule has 0 radical (unpaired) electrons. The Balaban J connectivity index is 2.13. The molecule has 1 aromatic carbocycles. The van der Waals surface area contributed by atoms with Crippen molar-refractivity contribution in [3.63, 3.8) is 0 Å². The van der Waals surface area contributed by atoms with E-state index in [4.69, 9.17) is 0 Å². The predicted molar refractivity (Wildman–Crippen MR) is 70.0 cm³/mol. The molecule has 0 unspecified atom stereocenters. The van der Waals surface area contributed by atoms with Crippen LogP contribution < -0.4 is 0 Å². The normalized spacial score (nSPS) is 11.9. The van der Waals surface area contributed by atoms with Gasteiger partial charge < -0.3 is 10.2 Å². The molecule has 3 aromatic rings. The number of fused-ring (bicyclic) bond motifs is 1. The second kappa shape index (κ2) is 4.33. The fourth-order valence-corrected chi connectivity index (χ4v) is 1.96. The van der Waals surface area contributed by atoms with Crippen molar-refractivity contribution in [2.75, 3.05) is 0 Å². The lowest BCUT2D eigenvalue weighted by Crippen LogP contribution is -2.03. The van der Waals surface area contributed by atoms with Gasteiger partial charge >= 0.3 is 0 Å². The first kappa shape index (κ1) is 10.5. The quantitative estimate of drug-likeness (QED) is 0.409. The average molecular weight is 237 g/mol. The number of H-pyrrole nitrogens is 1. The number of pyridine rings is 1. The molecule has 3 rings (SSSR count). The van der Waals surface area contributed by atoms with Gasteiger partial charge in [-0.3, -0.25) is 4.98 Å². The van der Waals surface area contributed by atoms with E-state index in [1.807, 2.05) is 42.5 Å². The summed E-state index contributed by atoms with van der Waals surface area (Å²) in [6.07, 6.45) is 3.48. The van der Waals surface area contributed by atoms with Gasteiger partial charge in [-0.1, -0.05) is 35.5 Å². The van der Waals surface area contributed by atoms with Crippen molar-refractivity contribution < 1.29 is 5.21 Å². The lowest BCUT2D eigenvalue weighted by atomic mass is 10.1. The molecule has 18 heavy (non-hydrogen) atoms. The van der Waals surface area contributed by atoms with Gasteiger partial charge in [-0.05, 0) is 12.1 Å². The molecule has 0 bridgehead atoms. The molecule has 0 aliphatic rings. The molecule has 0 atom stereocenters. The largest absolute Gasteiger partial charge is 0.410 e. The minimum atomic E-state index is 0.520. The van der Waals surface area contributed by atoms with Crippen molar-refractivity contribution in [2.24, 2.45) is 5.16 Å². The van der Waals surface area contributed by atoms with E-state index < -0.39 is 0 Å². The van der Waals surface area contributed by atoms with Gasteiger partial charge in [0, 0.05) is 17.1 Å². The van der Waals surface area contributed by atoms with Gasteiger partial charge in [-0.2, -0.15) is 0 Å². The number of benzene rings is 1. The van der Waals surface area contributed by atoms with Gasteiger partial charge in [0.05, 0.1) is 17.4 Å². The van der Waals surface area contributed by atoms with Crippen LogP contribution in [0, 0.1) is 0 Å². The van der Waals surface area contributed by atoms with Gasteiger partial charge in [0.1, 0.15) is 5.71 Å². The monoisotopic (exact) mass is 237 g/mol. The molecular formula is C14H11N3O. The first-order chi connectivity index (χ1) is 8.88. The van der Waals surface area contributed by atoms with E-state index in [0.29, 0.717) is 5.71 Å². The van der Waals surface area contributed by atoms with E-state index >= 15 is 0 Å². The molecule has 0 saturated heterocycles. The Bertz CT molecular complexity index is 668. The highest BCUT2D eigenvalue weighted by molar-refractivity contribution is 6.13. The molecule has 88 valence electrons. The number of nitrogens with zero attached hydrogens (tertiary/aromatic N) is 2. The summed E-state index contributed by atoms with van der Waals surface area (Å²) in [6, 6.07) is 13.4. The number of nitrogens with one attached hydrogen (secondary N) is 1. The first-order valence-electron chi connectivity index (χ1n) is 5.59. The summed E-state index contributed by atoms with van der Waals surface area (Å²) in [4.78, 5) is 7.24. The third kappa shape index (κ3) is 1.73. The van der Waals surface area contributed by atoms with Gasteiger partial charge in [0.15, 0.2) is 0 Å². The third-order valence-electron chi connectivity index (χ3n) is 2.83. The average Bonchev–Trinajstić information content (AvgIpc) is 2.84. The molecule has 0 amide bonds. The van der Waals surface area contributed by atoms with Crippen molar-refractivity contribution in [1.82, 2.24) is 9.97 Å². The highest BCUT2D eigenvalue weighted by atomic mass is 16.4. The topological polar surface area (TPSA) is 61.3 Å². The predicted octanol–water partition coefficient (Wildman–Crippen LogP) is 2.79. The van der Waals surface area contributed by atoms with E-state index in [0.717, 1.165) is 22.2 Å². The van der Waals surface area contributed by atoms with Crippen LogP contribution >= 0.6 is 0 Å². The van der Waals surface area contributed by atoms with E-state index in [-0.39, 0.29) is 0 Å². The molecular weight excluding hydrogens is 226 g/mol. The molecule has 2 N–H and O–H groups in total. The summed E-state index contributed by atoms with van der Waals surface area (Å²) in [5.74, 6) is 0. The Kier molecular flexibility index (Phi) is 2.53. The fourth-order valence-electron chi connectivity index (χ4n) is 1.96.